The smallest absolute Gasteiger partial charge is 0.0767 e. The summed E-state index contributed by atoms with van der Waals surface area (Å²) < 4.78 is 4.42. The van der Waals surface area contributed by atoms with Crippen LogP contribution in [0.5, 0.6) is 0 Å². The number of nitrogens with zero attached hydrogens (tertiary/aromatic N) is 6. The van der Waals surface area contributed by atoms with Crippen molar-refractivity contribution in [2.45, 2.75) is 91.0 Å². The van der Waals surface area contributed by atoms with Crippen LogP contribution in [0.3, 0.4) is 0 Å². The minimum absolute atomic E-state index is 0.608. The fraction of sp³-hybridized carbons (Fsp3) is 0.667. The van der Waals surface area contributed by atoms with Gasteiger partial charge >= 0.3 is 0 Å². The summed E-state index contributed by atoms with van der Waals surface area (Å²) in [6.45, 7) is 14.6. The molecule has 0 radical (unpaired) electrons. The van der Waals surface area contributed by atoms with Crippen LogP contribution in [0.2, 0.25) is 0 Å². The van der Waals surface area contributed by atoms with Crippen LogP contribution in [0, 0.1) is 13.8 Å². The summed E-state index contributed by atoms with van der Waals surface area (Å²) in [6, 6.07) is 5.20. The Hall–Kier alpha value is -2.42. The molecule has 0 amide bonds. The van der Waals surface area contributed by atoms with Gasteiger partial charge in [-0.25, -0.2) is 0 Å². The SMILES string of the molecule is Cc1cc2nn1CCCCn1nc(cc1C)CN(CC1CCCCN1)CCCCN(CC1=CC=CCN1)C2. The Morgan fingerprint density at radius 3 is 2.11 bits per heavy atom. The Morgan fingerprint density at radius 1 is 0.816 bits per heavy atom. The molecule has 2 N–H and O–H groups in total. The average Bonchev–Trinajstić information content (AvgIpc) is 3.45. The molecule has 2 aromatic rings. The van der Waals surface area contributed by atoms with Crippen molar-refractivity contribution in [2.75, 3.05) is 39.3 Å². The van der Waals surface area contributed by atoms with Crippen LogP contribution >= 0.6 is 0 Å². The first-order valence-electron chi connectivity index (χ1n) is 15.0. The number of hydrogen-bond acceptors (Lipinski definition) is 6. The van der Waals surface area contributed by atoms with Gasteiger partial charge in [0.25, 0.3) is 0 Å². The number of piperidine rings is 1. The molecule has 3 aliphatic heterocycles. The lowest BCUT2D eigenvalue weighted by molar-refractivity contribution is 0.203. The van der Waals surface area contributed by atoms with Crippen LogP contribution in [-0.2, 0) is 26.2 Å². The number of hydrogen-bond donors (Lipinski definition) is 2. The quantitative estimate of drug-likeness (QED) is 0.640. The van der Waals surface area contributed by atoms with Gasteiger partial charge in [-0.15, -0.1) is 0 Å². The minimum atomic E-state index is 0.608. The Balaban J connectivity index is 1.30. The maximum atomic E-state index is 5.03. The number of nitrogens with one attached hydrogen (secondary N) is 2. The summed E-state index contributed by atoms with van der Waals surface area (Å²) in [5.74, 6) is 0. The van der Waals surface area contributed by atoms with E-state index >= 15 is 0 Å². The Morgan fingerprint density at radius 2 is 1.47 bits per heavy atom. The molecule has 1 atom stereocenters. The third-order valence-electron chi connectivity index (χ3n) is 8.19. The zero-order chi connectivity index (χ0) is 26.2. The first-order chi connectivity index (χ1) is 18.6. The lowest BCUT2D eigenvalue weighted by atomic mass is 10.0. The lowest BCUT2D eigenvalue weighted by Crippen LogP contribution is -2.43. The average molecular weight is 521 g/mol. The highest BCUT2D eigenvalue weighted by Gasteiger charge is 2.19. The van der Waals surface area contributed by atoms with E-state index in [0.717, 1.165) is 78.3 Å². The topological polar surface area (TPSA) is 66.2 Å². The fourth-order valence-electron chi connectivity index (χ4n) is 6.11. The Bertz CT molecular complexity index is 1070. The number of aryl methyl sites for hydroxylation is 4. The normalized spacial score (nSPS) is 22.9. The van der Waals surface area contributed by atoms with Gasteiger partial charge < -0.3 is 10.6 Å². The van der Waals surface area contributed by atoms with Crippen molar-refractivity contribution in [3.8, 4) is 0 Å². The number of rotatable bonds is 4. The monoisotopic (exact) mass is 520 g/mol. The third kappa shape index (κ3) is 7.80. The molecule has 0 aliphatic carbocycles. The summed E-state index contributed by atoms with van der Waals surface area (Å²) in [7, 11) is 0. The van der Waals surface area contributed by atoms with E-state index < -0.39 is 0 Å². The Labute approximate surface area is 229 Å². The van der Waals surface area contributed by atoms with Crippen LogP contribution in [0.15, 0.2) is 36.1 Å². The van der Waals surface area contributed by atoms with Gasteiger partial charge in [0, 0.05) is 68.9 Å². The highest BCUT2D eigenvalue weighted by molar-refractivity contribution is 5.18. The molecular weight excluding hydrogens is 472 g/mol. The molecular formula is C30H48N8. The molecule has 5 rings (SSSR count). The molecule has 8 nitrogen and oxygen atoms in total. The molecule has 1 fully saturated rings. The van der Waals surface area contributed by atoms with Crippen LogP contribution in [0.4, 0.5) is 0 Å². The van der Waals surface area contributed by atoms with Crippen LogP contribution < -0.4 is 10.6 Å². The second-order valence-electron chi connectivity index (χ2n) is 11.5. The largest absolute Gasteiger partial charge is 0.384 e. The van der Waals surface area contributed by atoms with Gasteiger partial charge in [0.2, 0.25) is 0 Å². The molecule has 1 unspecified atom stereocenters. The minimum Gasteiger partial charge on any atom is -0.384 e. The molecule has 38 heavy (non-hydrogen) atoms. The van der Waals surface area contributed by atoms with Crippen LogP contribution in [-0.4, -0.2) is 74.7 Å². The van der Waals surface area contributed by atoms with Crippen molar-refractivity contribution in [3.05, 3.63) is 58.8 Å². The number of fused-ring (bicyclic) bond motifs is 4. The van der Waals surface area contributed by atoms with Gasteiger partial charge in [-0.05, 0) is 90.2 Å². The number of aromatic nitrogens is 4. The second-order valence-corrected chi connectivity index (χ2v) is 11.5. The number of dihydropyridines is 1. The predicted octanol–water partition coefficient (Wildman–Crippen LogP) is 3.76. The van der Waals surface area contributed by atoms with Gasteiger partial charge in [0.05, 0.1) is 11.4 Å². The first kappa shape index (κ1) is 27.2. The maximum Gasteiger partial charge on any atom is 0.0767 e. The van der Waals surface area contributed by atoms with Gasteiger partial charge in [-0.3, -0.25) is 19.2 Å². The van der Waals surface area contributed by atoms with Crippen molar-refractivity contribution in [1.82, 2.24) is 40.0 Å². The van der Waals surface area contributed by atoms with Crippen LogP contribution in [0.1, 0.15) is 67.7 Å². The molecule has 1 saturated heterocycles. The number of allylic oxidation sites excluding steroid dienone is 2. The van der Waals surface area contributed by atoms with Crippen molar-refractivity contribution in [3.63, 3.8) is 0 Å². The zero-order valence-corrected chi connectivity index (χ0v) is 23.7. The van der Waals surface area contributed by atoms with Crippen molar-refractivity contribution in [1.29, 1.82) is 0 Å². The molecule has 5 heterocycles. The molecule has 0 saturated carbocycles. The van der Waals surface area contributed by atoms with Gasteiger partial charge in [0.1, 0.15) is 0 Å². The standard InChI is InChI=1S/C30H48N8/c1-25-19-29-23-35(21-27-11-3-5-13-31-27)15-7-8-16-36(22-28-12-4-6-14-32-28)24-30-20-26(2)38(34-30)18-10-9-17-37(25)33-29/h3,5,11,19-20,28,31-32H,4,6-10,12-18,21-24H2,1-2H3. The molecule has 4 bridgehead atoms. The molecule has 3 aliphatic rings. The van der Waals surface area contributed by atoms with E-state index in [0.29, 0.717) is 6.04 Å². The first-order valence-corrected chi connectivity index (χ1v) is 15.0. The molecule has 0 spiro atoms. The van der Waals surface area contributed by atoms with Gasteiger partial charge in [-0.1, -0.05) is 18.6 Å². The van der Waals surface area contributed by atoms with E-state index in [2.05, 4.69) is 74.0 Å². The van der Waals surface area contributed by atoms with E-state index in [1.165, 1.54) is 60.6 Å². The van der Waals surface area contributed by atoms with Gasteiger partial charge in [-0.2, -0.15) is 10.2 Å². The van der Waals surface area contributed by atoms with E-state index in [1.54, 1.807) is 0 Å². The highest BCUT2D eigenvalue weighted by Crippen LogP contribution is 2.16. The van der Waals surface area contributed by atoms with E-state index in [4.69, 9.17) is 10.2 Å². The second kappa shape index (κ2) is 13.6. The molecule has 2 aromatic heterocycles. The summed E-state index contributed by atoms with van der Waals surface area (Å²) >= 11 is 0. The van der Waals surface area contributed by atoms with Gasteiger partial charge in [0.15, 0.2) is 0 Å². The van der Waals surface area contributed by atoms with E-state index in [9.17, 15) is 0 Å². The van der Waals surface area contributed by atoms with Crippen molar-refractivity contribution >= 4 is 0 Å². The predicted molar refractivity (Wildman–Crippen MR) is 154 cm³/mol. The fourth-order valence-corrected chi connectivity index (χ4v) is 6.11. The third-order valence-corrected chi connectivity index (χ3v) is 8.19. The summed E-state index contributed by atoms with van der Waals surface area (Å²) in [5, 5.41) is 17.4. The maximum absolute atomic E-state index is 5.03. The van der Waals surface area contributed by atoms with E-state index in [-0.39, 0.29) is 0 Å². The van der Waals surface area contributed by atoms with Crippen molar-refractivity contribution in [2.24, 2.45) is 0 Å². The Kier molecular flexibility index (Phi) is 9.71. The molecule has 8 heteroatoms. The van der Waals surface area contributed by atoms with Crippen LogP contribution in [0.25, 0.3) is 0 Å². The van der Waals surface area contributed by atoms with E-state index in [1.807, 2.05) is 0 Å². The summed E-state index contributed by atoms with van der Waals surface area (Å²) in [6.07, 6.45) is 15.1. The highest BCUT2D eigenvalue weighted by atomic mass is 15.3. The molecule has 0 aromatic carbocycles. The lowest BCUT2D eigenvalue weighted by Gasteiger charge is -2.30. The van der Waals surface area contributed by atoms with Crippen molar-refractivity contribution < 1.29 is 0 Å². The summed E-state index contributed by atoms with van der Waals surface area (Å²) in [5.41, 5.74) is 6.26. The zero-order valence-electron chi connectivity index (χ0n) is 23.7. The molecule has 208 valence electrons. The summed E-state index contributed by atoms with van der Waals surface area (Å²) in [4.78, 5) is 5.23.